The summed E-state index contributed by atoms with van der Waals surface area (Å²) in [5, 5.41) is 3.14. The van der Waals surface area contributed by atoms with Gasteiger partial charge in [0.25, 0.3) is 0 Å². The summed E-state index contributed by atoms with van der Waals surface area (Å²) in [5.41, 5.74) is 0.945. The predicted octanol–water partition coefficient (Wildman–Crippen LogP) is 2.77. The zero-order valence-corrected chi connectivity index (χ0v) is 13.2. The van der Waals surface area contributed by atoms with Crippen LogP contribution in [0.2, 0.25) is 0 Å². The first-order valence-corrected chi connectivity index (χ1v) is 8.09. The van der Waals surface area contributed by atoms with E-state index in [2.05, 4.69) is 29.0 Å². The molecule has 0 aliphatic carbocycles. The van der Waals surface area contributed by atoms with E-state index >= 15 is 0 Å². The summed E-state index contributed by atoms with van der Waals surface area (Å²) in [6.07, 6.45) is 5.94. The topological polar surface area (TPSA) is 45.2 Å². The van der Waals surface area contributed by atoms with Crippen LogP contribution in [-0.2, 0) is 4.79 Å². The Hall–Kier alpha value is -1.42. The molecule has 0 radical (unpaired) electrons. The molecule has 1 aromatic heterocycles. The number of nitrogens with one attached hydrogen (secondary N) is 1. The first-order chi connectivity index (χ1) is 10.2. The van der Waals surface area contributed by atoms with Crippen LogP contribution in [0.25, 0.3) is 0 Å². The van der Waals surface area contributed by atoms with E-state index in [9.17, 15) is 4.79 Å². The Balaban J connectivity index is 1.78. The van der Waals surface area contributed by atoms with Crippen molar-refractivity contribution in [3.63, 3.8) is 0 Å². The highest BCUT2D eigenvalue weighted by molar-refractivity contribution is 5.76. The van der Waals surface area contributed by atoms with Crippen LogP contribution in [-0.4, -0.2) is 35.4 Å². The van der Waals surface area contributed by atoms with E-state index in [0.29, 0.717) is 12.3 Å². The Kier molecular flexibility index (Phi) is 6.18. The molecule has 1 fully saturated rings. The Morgan fingerprint density at radius 3 is 2.71 bits per heavy atom. The van der Waals surface area contributed by atoms with Crippen LogP contribution in [0, 0.1) is 5.92 Å². The molecule has 1 saturated heterocycles. The van der Waals surface area contributed by atoms with Gasteiger partial charge < -0.3 is 10.2 Å². The number of hydrogen-bond donors (Lipinski definition) is 1. The van der Waals surface area contributed by atoms with E-state index in [1.807, 2.05) is 18.2 Å². The molecule has 1 aliphatic rings. The third kappa shape index (κ3) is 5.12. The summed E-state index contributed by atoms with van der Waals surface area (Å²) in [5.74, 6) is 0.473. The number of carbonyl (C=O) groups excluding carboxylic acids is 1. The second-order valence-electron chi connectivity index (χ2n) is 6.20. The molecule has 21 heavy (non-hydrogen) atoms. The molecule has 0 aromatic carbocycles. The normalized spacial score (nSPS) is 17.1. The minimum atomic E-state index is 0.00508. The summed E-state index contributed by atoms with van der Waals surface area (Å²) in [6.45, 7) is 7.67. The van der Waals surface area contributed by atoms with Crippen molar-refractivity contribution in [3.8, 4) is 0 Å². The Morgan fingerprint density at radius 2 is 2.10 bits per heavy atom. The monoisotopic (exact) mass is 289 g/mol. The SMILES string of the molecule is CC(C)C(NC(=O)CCCN1CCCC1)c1ccccn1. The third-order valence-electron chi connectivity index (χ3n) is 4.07. The standard InChI is InChI=1S/C17H27N3O/c1-14(2)17(15-8-3-4-10-18-15)19-16(21)9-7-13-20-11-5-6-12-20/h3-4,8,10,14,17H,5-7,9,11-13H2,1-2H3,(H,19,21). The third-order valence-corrected chi connectivity index (χ3v) is 4.07. The van der Waals surface area contributed by atoms with Gasteiger partial charge in [0, 0.05) is 12.6 Å². The van der Waals surface area contributed by atoms with Crippen molar-refractivity contribution in [1.29, 1.82) is 0 Å². The number of amides is 1. The molecule has 1 amide bonds. The van der Waals surface area contributed by atoms with Gasteiger partial charge in [0.1, 0.15) is 0 Å². The maximum atomic E-state index is 12.1. The number of rotatable bonds is 7. The summed E-state index contributed by atoms with van der Waals surface area (Å²) in [4.78, 5) is 19.0. The Morgan fingerprint density at radius 1 is 1.33 bits per heavy atom. The van der Waals surface area contributed by atoms with Gasteiger partial charge >= 0.3 is 0 Å². The maximum absolute atomic E-state index is 12.1. The summed E-state index contributed by atoms with van der Waals surface area (Å²) >= 11 is 0. The van der Waals surface area contributed by atoms with Crippen LogP contribution < -0.4 is 5.32 Å². The minimum absolute atomic E-state index is 0.00508. The van der Waals surface area contributed by atoms with Gasteiger partial charge in [-0.3, -0.25) is 9.78 Å². The van der Waals surface area contributed by atoms with Crippen molar-refractivity contribution in [3.05, 3.63) is 30.1 Å². The van der Waals surface area contributed by atoms with Gasteiger partial charge in [0.05, 0.1) is 11.7 Å². The van der Waals surface area contributed by atoms with Crippen molar-refractivity contribution >= 4 is 5.91 Å². The molecular formula is C17H27N3O. The van der Waals surface area contributed by atoms with Crippen LogP contribution in [0.3, 0.4) is 0 Å². The molecule has 116 valence electrons. The quantitative estimate of drug-likeness (QED) is 0.839. The highest BCUT2D eigenvalue weighted by Crippen LogP contribution is 2.19. The van der Waals surface area contributed by atoms with Crippen molar-refractivity contribution in [2.75, 3.05) is 19.6 Å². The molecule has 1 N–H and O–H groups in total. The number of likely N-dealkylation sites (tertiary alicyclic amines) is 1. The lowest BCUT2D eigenvalue weighted by Gasteiger charge is -2.22. The average Bonchev–Trinajstić information content (AvgIpc) is 2.98. The lowest BCUT2D eigenvalue weighted by molar-refractivity contribution is -0.122. The van der Waals surface area contributed by atoms with Crippen molar-refractivity contribution in [2.24, 2.45) is 5.92 Å². The predicted molar refractivity (Wildman–Crippen MR) is 84.9 cm³/mol. The summed E-state index contributed by atoms with van der Waals surface area (Å²) < 4.78 is 0. The van der Waals surface area contributed by atoms with Crippen molar-refractivity contribution in [2.45, 2.75) is 45.6 Å². The lowest BCUT2D eigenvalue weighted by Crippen LogP contribution is -2.32. The second kappa shape index (κ2) is 8.13. The smallest absolute Gasteiger partial charge is 0.220 e. The van der Waals surface area contributed by atoms with Gasteiger partial charge in [-0.15, -0.1) is 0 Å². The van der Waals surface area contributed by atoms with E-state index in [1.54, 1.807) is 6.20 Å². The molecule has 1 atom stereocenters. The average molecular weight is 289 g/mol. The lowest BCUT2D eigenvalue weighted by atomic mass is 10.00. The Bertz CT molecular complexity index is 427. The first kappa shape index (κ1) is 16.0. The van der Waals surface area contributed by atoms with E-state index in [0.717, 1.165) is 18.7 Å². The molecule has 2 heterocycles. The minimum Gasteiger partial charge on any atom is -0.347 e. The molecule has 1 unspecified atom stereocenters. The number of pyridine rings is 1. The van der Waals surface area contributed by atoms with Crippen LogP contribution >= 0.6 is 0 Å². The summed E-state index contributed by atoms with van der Waals surface area (Å²) in [7, 11) is 0. The van der Waals surface area contributed by atoms with E-state index in [4.69, 9.17) is 0 Å². The zero-order chi connectivity index (χ0) is 15.1. The fraction of sp³-hybridized carbons (Fsp3) is 0.647. The van der Waals surface area contributed by atoms with E-state index in [-0.39, 0.29) is 11.9 Å². The van der Waals surface area contributed by atoms with Crippen molar-refractivity contribution in [1.82, 2.24) is 15.2 Å². The first-order valence-electron chi connectivity index (χ1n) is 8.09. The van der Waals surface area contributed by atoms with E-state index < -0.39 is 0 Å². The van der Waals surface area contributed by atoms with E-state index in [1.165, 1.54) is 25.9 Å². The van der Waals surface area contributed by atoms with Crippen molar-refractivity contribution < 1.29 is 4.79 Å². The fourth-order valence-corrected chi connectivity index (χ4v) is 2.86. The van der Waals surface area contributed by atoms with Gasteiger partial charge in [-0.2, -0.15) is 0 Å². The molecule has 0 spiro atoms. The van der Waals surface area contributed by atoms with Gasteiger partial charge in [0.2, 0.25) is 5.91 Å². The van der Waals surface area contributed by atoms with Gasteiger partial charge in [-0.25, -0.2) is 0 Å². The summed E-state index contributed by atoms with van der Waals surface area (Å²) in [6, 6.07) is 5.86. The molecule has 1 aromatic rings. The number of hydrogen-bond acceptors (Lipinski definition) is 3. The molecule has 2 rings (SSSR count). The van der Waals surface area contributed by atoms with Crippen LogP contribution in [0.1, 0.15) is 51.3 Å². The van der Waals surface area contributed by atoms with Gasteiger partial charge in [-0.05, 0) is 56.9 Å². The number of aromatic nitrogens is 1. The number of carbonyl (C=O) groups is 1. The molecule has 4 nitrogen and oxygen atoms in total. The molecule has 1 aliphatic heterocycles. The number of nitrogens with zero attached hydrogens (tertiary/aromatic N) is 2. The molecule has 4 heteroatoms. The molecular weight excluding hydrogens is 262 g/mol. The molecule has 0 saturated carbocycles. The van der Waals surface area contributed by atoms with Gasteiger partial charge in [-0.1, -0.05) is 19.9 Å². The van der Waals surface area contributed by atoms with Crippen LogP contribution in [0.5, 0.6) is 0 Å². The fourth-order valence-electron chi connectivity index (χ4n) is 2.86. The largest absolute Gasteiger partial charge is 0.347 e. The maximum Gasteiger partial charge on any atom is 0.220 e. The Labute approximate surface area is 127 Å². The highest BCUT2D eigenvalue weighted by Gasteiger charge is 2.19. The zero-order valence-electron chi connectivity index (χ0n) is 13.2. The molecule has 0 bridgehead atoms. The second-order valence-corrected chi connectivity index (χ2v) is 6.20. The van der Waals surface area contributed by atoms with Gasteiger partial charge in [0.15, 0.2) is 0 Å². The van der Waals surface area contributed by atoms with Crippen LogP contribution in [0.15, 0.2) is 24.4 Å². The van der Waals surface area contributed by atoms with Crippen LogP contribution in [0.4, 0.5) is 0 Å². The highest BCUT2D eigenvalue weighted by atomic mass is 16.1.